The highest BCUT2D eigenvalue weighted by molar-refractivity contribution is 5.87. The summed E-state index contributed by atoms with van der Waals surface area (Å²) in [6.45, 7) is 0. The number of hydrogen-bond acceptors (Lipinski definition) is 6. The molecule has 0 radical (unpaired) electrons. The predicted molar refractivity (Wildman–Crippen MR) is 93.0 cm³/mol. The van der Waals surface area contributed by atoms with Gasteiger partial charge in [-0.15, -0.1) is 0 Å². The summed E-state index contributed by atoms with van der Waals surface area (Å²) < 4.78 is 15.8. The summed E-state index contributed by atoms with van der Waals surface area (Å²) >= 11 is 0. The number of hydrogen-bond donors (Lipinski definition) is 1. The topological polar surface area (TPSA) is 86.0 Å². The zero-order valence-electron chi connectivity index (χ0n) is 14.0. The molecule has 0 spiro atoms. The summed E-state index contributed by atoms with van der Waals surface area (Å²) in [5.74, 6) is -3.55. The van der Waals surface area contributed by atoms with Crippen molar-refractivity contribution in [3.63, 3.8) is 0 Å². The molecule has 0 aliphatic carbocycles. The van der Waals surface area contributed by atoms with Crippen molar-refractivity contribution in [1.82, 2.24) is 0 Å². The Morgan fingerprint density at radius 3 is 2.58 bits per heavy atom. The number of fused-ring (bicyclic) bond motifs is 3. The quantitative estimate of drug-likeness (QED) is 0.563. The zero-order valence-corrected chi connectivity index (χ0v) is 14.0. The van der Waals surface area contributed by atoms with Gasteiger partial charge in [-0.3, -0.25) is 0 Å². The predicted octanol–water partition coefficient (Wildman–Crippen LogP) is 2.57. The molecule has 6 nitrogen and oxygen atoms in total. The number of aliphatic hydroxyl groups is 1. The average Bonchev–Trinajstić information content (AvgIpc) is 2.67. The lowest BCUT2D eigenvalue weighted by Crippen LogP contribution is -2.50. The van der Waals surface area contributed by atoms with Crippen molar-refractivity contribution in [1.29, 1.82) is 0 Å². The van der Waals surface area contributed by atoms with Crippen molar-refractivity contribution in [2.45, 2.75) is 18.1 Å². The van der Waals surface area contributed by atoms with Gasteiger partial charge in [0.25, 0.3) is 0 Å². The fourth-order valence-corrected chi connectivity index (χ4v) is 3.39. The van der Waals surface area contributed by atoms with E-state index in [1.807, 2.05) is 30.3 Å². The monoisotopic (exact) mass is 352 g/mol. The van der Waals surface area contributed by atoms with Crippen molar-refractivity contribution in [3.8, 4) is 5.75 Å². The van der Waals surface area contributed by atoms with E-state index < -0.39 is 23.3 Å². The van der Waals surface area contributed by atoms with Crippen molar-refractivity contribution < 1.29 is 23.8 Å². The molecule has 1 aliphatic rings. The van der Waals surface area contributed by atoms with Crippen molar-refractivity contribution >= 4 is 16.9 Å². The summed E-state index contributed by atoms with van der Waals surface area (Å²) in [6, 6.07) is 16.0. The van der Waals surface area contributed by atoms with E-state index in [4.69, 9.17) is 13.9 Å². The number of methoxy groups -OCH3 is 1. The number of carbonyl (C=O) groups excluding carboxylic acids is 1. The highest BCUT2D eigenvalue weighted by atomic mass is 16.7. The van der Waals surface area contributed by atoms with Gasteiger partial charge in [-0.1, -0.05) is 42.5 Å². The van der Waals surface area contributed by atoms with Crippen LogP contribution in [0.25, 0.3) is 11.0 Å². The molecule has 2 atom stereocenters. The zero-order chi connectivity index (χ0) is 18.3. The number of rotatable bonds is 2. The lowest BCUT2D eigenvalue weighted by Gasteiger charge is -2.36. The van der Waals surface area contributed by atoms with E-state index in [9.17, 15) is 14.7 Å². The van der Waals surface area contributed by atoms with Crippen LogP contribution in [0.2, 0.25) is 0 Å². The third kappa shape index (κ3) is 2.46. The first-order chi connectivity index (χ1) is 12.5. The van der Waals surface area contributed by atoms with Crippen molar-refractivity contribution in [3.05, 3.63) is 76.1 Å². The van der Waals surface area contributed by atoms with Crippen LogP contribution in [-0.2, 0) is 9.53 Å². The Bertz CT molecular complexity index is 1040. The van der Waals surface area contributed by atoms with E-state index >= 15 is 0 Å². The van der Waals surface area contributed by atoms with Gasteiger partial charge in [-0.05, 0) is 17.7 Å². The Kier molecular flexibility index (Phi) is 3.77. The third-order valence-electron chi connectivity index (χ3n) is 4.61. The van der Waals surface area contributed by atoms with E-state index in [1.165, 1.54) is 7.11 Å². The molecule has 0 saturated heterocycles. The Morgan fingerprint density at radius 1 is 1.15 bits per heavy atom. The van der Waals surface area contributed by atoms with Crippen LogP contribution in [0.15, 0.2) is 63.8 Å². The summed E-state index contributed by atoms with van der Waals surface area (Å²) in [5, 5.41) is 11.3. The maximum atomic E-state index is 12.7. The standard InChI is InChI=1S/C20H16O6/c1-24-19(22)20(23)11-14(12-7-3-2-4-8-12)16-17(26-20)13-9-5-6-10-15(13)25-18(16)21/h2-10,14,23H,11H2,1H3/t14-,20?/m0/s1. The van der Waals surface area contributed by atoms with E-state index in [1.54, 1.807) is 24.3 Å². The molecule has 1 aromatic heterocycles. The summed E-state index contributed by atoms with van der Waals surface area (Å²) in [4.78, 5) is 24.9. The van der Waals surface area contributed by atoms with Gasteiger partial charge < -0.3 is 19.0 Å². The molecular formula is C20H16O6. The second-order valence-corrected chi connectivity index (χ2v) is 6.17. The van der Waals surface area contributed by atoms with E-state index in [-0.39, 0.29) is 17.7 Å². The fourth-order valence-electron chi connectivity index (χ4n) is 3.39. The van der Waals surface area contributed by atoms with Gasteiger partial charge >= 0.3 is 17.4 Å². The van der Waals surface area contributed by atoms with E-state index in [0.29, 0.717) is 11.0 Å². The molecule has 0 fully saturated rings. The number of ether oxygens (including phenoxy) is 2. The molecule has 2 aromatic carbocycles. The SMILES string of the molecule is COC(=O)C1(O)C[C@@H](c2ccccc2)c2c(c3ccccc3oc2=O)O1. The molecule has 0 amide bonds. The Labute approximate surface area is 148 Å². The van der Waals surface area contributed by atoms with Gasteiger partial charge in [0, 0.05) is 12.3 Å². The largest absolute Gasteiger partial charge is 0.464 e. The van der Waals surface area contributed by atoms with Gasteiger partial charge in [-0.25, -0.2) is 9.59 Å². The number of esters is 1. The summed E-state index contributed by atoms with van der Waals surface area (Å²) in [7, 11) is 1.17. The van der Waals surface area contributed by atoms with Crippen LogP contribution in [0.1, 0.15) is 23.5 Å². The molecule has 0 saturated carbocycles. The Hall–Kier alpha value is -3.12. The molecule has 1 unspecified atom stereocenters. The molecule has 3 aromatic rings. The van der Waals surface area contributed by atoms with Gasteiger partial charge in [0.1, 0.15) is 11.3 Å². The first kappa shape index (κ1) is 16.4. The summed E-state index contributed by atoms with van der Waals surface area (Å²) in [5.41, 5.74) is 0.807. The molecule has 1 aliphatic heterocycles. The smallest absolute Gasteiger partial charge is 0.379 e. The maximum absolute atomic E-state index is 12.7. The lowest BCUT2D eigenvalue weighted by molar-refractivity contribution is -0.202. The number of benzene rings is 2. The molecule has 6 heteroatoms. The van der Waals surface area contributed by atoms with E-state index in [0.717, 1.165) is 5.56 Å². The molecule has 1 N–H and O–H groups in total. The number of para-hydroxylation sites is 1. The second-order valence-electron chi connectivity index (χ2n) is 6.17. The minimum atomic E-state index is -2.20. The minimum Gasteiger partial charge on any atom is -0.464 e. The Morgan fingerprint density at radius 2 is 1.85 bits per heavy atom. The van der Waals surface area contributed by atoms with Crippen LogP contribution < -0.4 is 10.4 Å². The van der Waals surface area contributed by atoms with Crippen LogP contribution >= 0.6 is 0 Å². The van der Waals surface area contributed by atoms with Crippen LogP contribution in [0.3, 0.4) is 0 Å². The lowest BCUT2D eigenvalue weighted by atomic mass is 9.83. The molecule has 2 heterocycles. The normalized spacial score (nSPS) is 21.7. The van der Waals surface area contributed by atoms with Crippen LogP contribution in [-0.4, -0.2) is 24.0 Å². The molecule has 0 bridgehead atoms. The third-order valence-corrected chi connectivity index (χ3v) is 4.61. The first-order valence-corrected chi connectivity index (χ1v) is 8.14. The highest BCUT2D eigenvalue weighted by Gasteiger charge is 2.49. The number of carbonyl (C=O) groups is 1. The highest BCUT2D eigenvalue weighted by Crippen LogP contribution is 2.45. The molecule has 132 valence electrons. The Balaban J connectivity index is 2.02. The van der Waals surface area contributed by atoms with Gasteiger partial charge in [0.15, 0.2) is 0 Å². The maximum Gasteiger partial charge on any atom is 0.379 e. The van der Waals surface area contributed by atoms with Crippen molar-refractivity contribution in [2.75, 3.05) is 7.11 Å². The van der Waals surface area contributed by atoms with Gasteiger partial charge in [0.05, 0.1) is 18.1 Å². The molecular weight excluding hydrogens is 336 g/mol. The van der Waals surface area contributed by atoms with Gasteiger partial charge in [0.2, 0.25) is 0 Å². The van der Waals surface area contributed by atoms with Crippen molar-refractivity contribution in [2.24, 2.45) is 0 Å². The second kappa shape index (κ2) is 6.00. The van der Waals surface area contributed by atoms with Gasteiger partial charge in [-0.2, -0.15) is 0 Å². The molecule has 4 rings (SSSR count). The molecule has 26 heavy (non-hydrogen) atoms. The summed E-state index contributed by atoms with van der Waals surface area (Å²) in [6.07, 6.45) is -0.153. The van der Waals surface area contributed by atoms with Crippen LogP contribution in [0, 0.1) is 0 Å². The first-order valence-electron chi connectivity index (χ1n) is 8.14. The van der Waals surface area contributed by atoms with E-state index in [2.05, 4.69) is 0 Å². The van der Waals surface area contributed by atoms with Crippen LogP contribution in [0.4, 0.5) is 0 Å². The van der Waals surface area contributed by atoms with Crippen LogP contribution in [0.5, 0.6) is 5.75 Å². The minimum absolute atomic E-state index is 0.143. The average molecular weight is 352 g/mol. The fraction of sp³-hybridized carbons (Fsp3) is 0.200.